The summed E-state index contributed by atoms with van der Waals surface area (Å²) in [6.45, 7) is 0.151. The van der Waals surface area contributed by atoms with Gasteiger partial charge in [-0.05, 0) is 35.9 Å². The largest absolute Gasteiger partial charge is 0.416 e. The minimum atomic E-state index is -4.40. The van der Waals surface area contributed by atoms with Crippen LogP contribution in [0.25, 0.3) is 38.3 Å². The third kappa shape index (κ3) is 4.07. The van der Waals surface area contributed by atoms with Gasteiger partial charge in [0.25, 0.3) is 0 Å². The van der Waals surface area contributed by atoms with Gasteiger partial charge in [-0.15, -0.1) is 11.3 Å². The second-order valence-corrected chi connectivity index (χ2v) is 9.13. The SMILES string of the molecule is FC(F)(F)c1cccc(CNc2nc(-c3csc4ccccc34)nc3c2ncn3-c2ccccc2)c1. The Balaban J connectivity index is 1.47. The Bertz CT molecular complexity index is 1690. The van der Waals surface area contributed by atoms with Crippen molar-refractivity contribution in [2.75, 3.05) is 5.32 Å². The number of benzene rings is 3. The standard InChI is InChI=1S/C27H18F3N5S/c28-27(29,30)18-8-6-7-17(13-18)14-31-25-23-26(35(16-32-23)19-9-2-1-3-10-19)34-24(33-25)21-15-36-22-12-5-4-11-20(21)22/h1-13,15-16H,14H2,(H,31,33,34). The van der Waals surface area contributed by atoms with E-state index in [0.29, 0.717) is 28.4 Å². The molecule has 178 valence electrons. The summed E-state index contributed by atoms with van der Waals surface area (Å²) in [6, 6.07) is 23.0. The van der Waals surface area contributed by atoms with E-state index in [0.717, 1.165) is 33.5 Å². The Morgan fingerprint density at radius 2 is 1.69 bits per heavy atom. The number of nitrogens with one attached hydrogen (secondary N) is 1. The summed E-state index contributed by atoms with van der Waals surface area (Å²) in [7, 11) is 0. The molecule has 36 heavy (non-hydrogen) atoms. The lowest BCUT2D eigenvalue weighted by Gasteiger charge is -2.11. The zero-order chi connectivity index (χ0) is 24.7. The zero-order valence-corrected chi connectivity index (χ0v) is 19.5. The Morgan fingerprint density at radius 3 is 2.53 bits per heavy atom. The van der Waals surface area contributed by atoms with Crippen molar-refractivity contribution in [2.45, 2.75) is 12.7 Å². The number of thiophene rings is 1. The summed E-state index contributed by atoms with van der Waals surface area (Å²) >= 11 is 1.61. The second kappa shape index (κ2) is 8.76. The number of nitrogens with zero attached hydrogens (tertiary/aromatic N) is 4. The average molecular weight is 502 g/mol. The highest BCUT2D eigenvalue weighted by atomic mass is 32.1. The lowest BCUT2D eigenvalue weighted by molar-refractivity contribution is -0.137. The molecule has 3 aromatic carbocycles. The summed E-state index contributed by atoms with van der Waals surface area (Å²) in [6.07, 6.45) is -2.72. The molecule has 3 heterocycles. The molecule has 0 radical (unpaired) electrons. The molecule has 0 spiro atoms. The van der Waals surface area contributed by atoms with Crippen LogP contribution in [0.15, 0.2) is 90.6 Å². The van der Waals surface area contributed by atoms with Crippen LogP contribution in [0.5, 0.6) is 0 Å². The van der Waals surface area contributed by atoms with E-state index in [-0.39, 0.29) is 6.54 Å². The van der Waals surface area contributed by atoms with Crippen molar-refractivity contribution >= 4 is 38.4 Å². The number of hydrogen-bond acceptors (Lipinski definition) is 5. The Hall–Kier alpha value is -4.24. The van der Waals surface area contributed by atoms with Crippen LogP contribution < -0.4 is 5.32 Å². The van der Waals surface area contributed by atoms with Gasteiger partial charge in [-0.3, -0.25) is 4.57 Å². The van der Waals surface area contributed by atoms with Crippen molar-refractivity contribution in [1.82, 2.24) is 19.5 Å². The number of hydrogen-bond donors (Lipinski definition) is 1. The Morgan fingerprint density at radius 1 is 0.889 bits per heavy atom. The number of fused-ring (bicyclic) bond motifs is 2. The van der Waals surface area contributed by atoms with E-state index in [4.69, 9.17) is 9.97 Å². The van der Waals surface area contributed by atoms with Crippen molar-refractivity contribution in [1.29, 1.82) is 0 Å². The fourth-order valence-electron chi connectivity index (χ4n) is 4.12. The molecule has 0 fully saturated rings. The zero-order valence-electron chi connectivity index (χ0n) is 18.7. The van der Waals surface area contributed by atoms with Crippen molar-refractivity contribution in [3.63, 3.8) is 0 Å². The Kier molecular flexibility index (Phi) is 5.41. The highest BCUT2D eigenvalue weighted by Gasteiger charge is 2.30. The van der Waals surface area contributed by atoms with Gasteiger partial charge in [0.1, 0.15) is 6.33 Å². The fourth-order valence-corrected chi connectivity index (χ4v) is 5.05. The van der Waals surface area contributed by atoms with Gasteiger partial charge in [0.2, 0.25) is 0 Å². The van der Waals surface area contributed by atoms with Crippen molar-refractivity contribution < 1.29 is 13.2 Å². The molecule has 9 heteroatoms. The third-order valence-electron chi connectivity index (χ3n) is 5.87. The number of para-hydroxylation sites is 1. The normalized spacial score (nSPS) is 11.9. The molecular weight excluding hydrogens is 483 g/mol. The van der Waals surface area contributed by atoms with Crippen LogP contribution in [0.4, 0.5) is 19.0 Å². The third-order valence-corrected chi connectivity index (χ3v) is 6.83. The smallest absolute Gasteiger partial charge is 0.364 e. The molecule has 0 saturated heterocycles. The van der Waals surface area contributed by atoms with Gasteiger partial charge in [0, 0.05) is 33.3 Å². The summed E-state index contributed by atoms with van der Waals surface area (Å²) in [4.78, 5) is 14.2. The van der Waals surface area contributed by atoms with E-state index in [1.807, 2.05) is 64.5 Å². The van der Waals surface area contributed by atoms with Gasteiger partial charge in [0.15, 0.2) is 22.8 Å². The quantitative estimate of drug-likeness (QED) is 0.269. The van der Waals surface area contributed by atoms with E-state index >= 15 is 0 Å². The molecule has 1 N–H and O–H groups in total. The van der Waals surface area contributed by atoms with Gasteiger partial charge >= 0.3 is 6.18 Å². The Labute approximate surface area is 207 Å². The van der Waals surface area contributed by atoms with Crippen LogP contribution >= 0.6 is 11.3 Å². The number of aromatic nitrogens is 4. The number of anilines is 1. The summed E-state index contributed by atoms with van der Waals surface area (Å²) in [5, 5.41) is 6.26. The van der Waals surface area contributed by atoms with Gasteiger partial charge in [-0.25, -0.2) is 15.0 Å². The van der Waals surface area contributed by atoms with Crippen LogP contribution in [-0.2, 0) is 12.7 Å². The van der Waals surface area contributed by atoms with E-state index in [1.165, 1.54) is 6.07 Å². The van der Waals surface area contributed by atoms with Crippen molar-refractivity contribution in [3.05, 3.63) is 102 Å². The monoisotopic (exact) mass is 501 g/mol. The molecule has 0 bridgehead atoms. The minimum Gasteiger partial charge on any atom is -0.364 e. The predicted octanol–water partition coefficient (Wildman–Crippen LogP) is 7.33. The van der Waals surface area contributed by atoms with E-state index in [2.05, 4.69) is 10.3 Å². The molecule has 0 aliphatic carbocycles. The molecular formula is C27H18F3N5S. The van der Waals surface area contributed by atoms with Gasteiger partial charge in [-0.1, -0.05) is 48.5 Å². The van der Waals surface area contributed by atoms with Crippen molar-refractivity contribution in [3.8, 4) is 17.1 Å². The topological polar surface area (TPSA) is 55.6 Å². The second-order valence-electron chi connectivity index (χ2n) is 8.22. The van der Waals surface area contributed by atoms with E-state index < -0.39 is 11.7 Å². The van der Waals surface area contributed by atoms with Crippen LogP contribution in [0.3, 0.4) is 0 Å². The fraction of sp³-hybridized carbons (Fsp3) is 0.0741. The van der Waals surface area contributed by atoms with Crippen molar-refractivity contribution in [2.24, 2.45) is 0 Å². The first-order valence-corrected chi connectivity index (χ1v) is 12.0. The molecule has 0 aliphatic rings. The molecule has 6 aromatic rings. The lowest BCUT2D eigenvalue weighted by atomic mass is 10.1. The number of rotatable bonds is 5. The van der Waals surface area contributed by atoms with Crippen LogP contribution in [0.1, 0.15) is 11.1 Å². The molecule has 0 amide bonds. The molecule has 0 unspecified atom stereocenters. The maximum atomic E-state index is 13.2. The molecule has 3 aromatic heterocycles. The molecule has 0 aliphatic heterocycles. The van der Waals surface area contributed by atoms with Gasteiger partial charge in [0.05, 0.1) is 5.56 Å². The lowest BCUT2D eigenvalue weighted by Crippen LogP contribution is -2.08. The summed E-state index contributed by atoms with van der Waals surface area (Å²) < 4.78 is 42.6. The molecule has 6 rings (SSSR count). The summed E-state index contributed by atoms with van der Waals surface area (Å²) in [5.41, 5.74) is 2.72. The molecule has 5 nitrogen and oxygen atoms in total. The maximum Gasteiger partial charge on any atom is 0.416 e. The van der Waals surface area contributed by atoms with Crippen LogP contribution in [-0.4, -0.2) is 19.5 Å². The van der Waals surface area contributed by atoms with Gasteiger partial charge < -0.3 is 5.32 Å². The first kappa shape index (κ1) is 22.2. The first-order chi connectivity index (χ1) is 17.5. The predicted molar refractivity (Wildman–Crippen MR) is 136 cm³/mol. The van der Waals surface area contributed by atoms with Crippen LogP contribution in [0, 0.1) is 0 Å². The minimum absolute atomic E-state index is 0.151. The summed E-state index contributed by atoms with van der Waals surface area (Å²) in [5.74, 6) is 0.974. The van der Waals surface area contributed by atoms with Gasteiger partial charge in [-0.2, -0.15) is 13.2 Å². The average Bonchev–Trinajstić information content (AvgIpc) is 3.52. The molecule has 0 atom stereocenters. The molecule has 0 saturated carbocycles. The maximum absolute atomic E-state index is 13.2. The first-order valence-electron chi connectivity index (χ1n) is 11.1. The highest BCUT2D eigenvalue weighted by molar-refractivity contribution is 7.17. The van der Waals surface area contributed by atoms with E-state index in [1.54, 1.807) is 23.7 Å². The van der Waals surface area contributed by atoms with E-state index in [9.17, 15) is 13.2 Å². The van der Waals surface area contributed by atoms with Crippen LogP contribution in [0.2, 0.25) is 0 Å². The number of halogens is 3. The highest BCUT2D eigenvalue weighted by Crippen LogP contribution is 2.34. The number of alkyl halides is 3. The number of imidazole rings is 1.